The van der Waals surface area contributed by atoms with E-state index in [9.17, 15) is 4.79 Å². The molecule has 124 valence electrons. The number of anilines is 1. The monoisotopic (exact) mass is 339 g/mol. The van der Waals surface area contributed by atoms with Crippen LogP contribution in [0.25, 0.3) is 11.0 Å². The van der Waals surface area contributed by atoms with E-state index in [-0.39, 0.29) is 11.2 Å². The minimum atomic E-state index is -0.228. The summed E-state index contributed by atoms with van der Waals surface area (Å²) in [7, 11) is 0. The van der Waals surface area contributed by atoms with Crippen LogP contribution in [0.15, 0.2) is 53.7 Å². The number of benzene rings is 2. The number of imidazole rings is 1. The Kier molecular flexibility index (Phi) is 4.90. The van der Waals surface area contributed by atoms with Gasteiger partial charge in [0.2, 0.25) is 5.91 Å². The minimum absolute atomic E-state index is 0.0152. The van der Waals surface area contributed by atoms with E-state index < -0.39 is 0 Å². The molecule has 0 aliphatic carbocycles. The van der Waals surface area contributed by atoms with Crippen molar-refractivity contribution in [2.45, 2.75) is 37.7 Å². The second-order valence-electron chi connectivity index (χ2n) is 5.74. The average molecular weight is 339 g/mol. The number of fused-ring (bicyclic) bond motifs is 1. The van der Waals surface area contributed by atoms with Crippen LogP contribution in [0.1, 0.15) is 19.4 Å². The highest BCUT2D eigenvalue weighted by molar-refractivity contribution is 8.00. The molecule has 3 rings (SSSR count). The maximum atomic E-state index is 12.4. The molecule has 5 heteroatoms. The van der Waals surface area contributed by atoms with Gasteiger partial charge in [0, 0.05) is 12.2 Å². The Hall–Kier alpha value is -2.27. The fraction of sp³-hybridized carbons (Fsp3) is 0.263. The lowest BCUT2D eigenvalue weighted by Gasteiger charge is -2.12. The molecule has 1 unspecified atom stereocenters. The van der Waals surface area contributed by atoms with Crippen LogP contribution in [-0.2, 0) is 11.3 Å². The van der Waals surface area contributed by atoms with E-state index in [0.717, 1.165) is 28.4 Å². The summed E-state index contributed by atoms with van der Waals surface area (Å²) in [6.45, 7) is 6.86. The van der Waals surface area contributed by atoms with Crippen LogP contribution in [-0.4, -0.2) is 20.7 Å². The largest absolute Gasteiger partial charge is 0.325 e. The molecule has 24 heavy (non-hydrogen) atoms. The minimum Gasteiger partial charge on any atom is -0.325 e. The van der Waals surface area contributed by atoms with Crippen molar-refractivity contribution in [3.8, 4) is 0 Å². The van der Waals surface area contributed by atoms with Crippen LogP contribution in [0.3, 0.4) is 0 Å². The fourth-order valence-electron chi connectivity index (χ4n) is 2.54. The molecular formula is C19H21N3OS. The zero-order valence-corrected chi connectivity index (χ0v) is 14.9. The highest BCUT2D eigenvalue weighted by Crippen LogP contribution is 2.27. The van der Waals surface area contributed by atoms with Crippen molar-refractivity contribution in [1.82, 2.24) is 9.55 Å². The number of para-hydroxylation sites is 2. The number of aryl methyl sites for hydroxylation is 2. The predicted octanol–water partition coefficient (Wildman–Crippen LogP) is 4.48. The topological polar surface area (TPSA) is 46.9 Å². The van der Waals surface area contributed by atoms with E-state index in [2.05, 4.69) is 27.9 Å². The van der Waals surface area contributed by atoms with Crippen LogP contribution >= 0.6 is 11.8 Å². The average Bonchev–Trinajstić information content (AvgIpc) is 2.93. The van der Waals surface area contributed by atoms with Gasteiger partial charge in [0.1, 0.15) is 0 Å². The van der Waals surface area contributed by atoms with Gasteiger partial charge in [-0.2, -0.15) is 0 Å². The maximum Gasteiger partial charge on any atom is 0.237 e. The van der Waals surface area contributed by atoms with Crippen molar-refractivity contribution in [3.63, 3.8) is 0 Å². The van der Waals surface area contributed by atoms with Crippen molar-refractivity contribution < 1.29 is 4.79 Å². The summed E-state index contributed by atoms with van der Waals surface area (Å²) < 4.78 is 2.15. The quantitative estimate of drug-likeness (QED) is 0.697. The van der Waals surface area contributed by atoms with Crippen LogP contribution in [0, 0.1) is 6.92 Å². The highest BCUT2D eigenvalue weighted by Gasteiger charge is 2.19. The lowest BCUT2D eigenvalue weighted by atomic mass is 10.2. The molecule has 1 atom stereocenters. The van der Waals surface area contributed by atoms with Crippen molar-refractivity contribution in [3.05, 3.63) is 54.1 Å². The molecule has 0 aliphatic rings. The summed E-state index contributed by atoms with van der Waals surface area (Å²) in [6.07, 6.45) is 0. The van der Waals surface area contributed by atoms with E-state index in [0.29, 0.717) is 0 Å². The van der Waals surface area contributed by atoms with Gasteiger partial charge in [0.05, 0.1) is 16.3 Å². The molecule has 1 amide bonds. The third-order valence-corrected chi connectivity index (χ3v) is 5.00. The van der Waals surface area contributed by atoms with Crippen molar-refractivity contribution in [2.75, 3.05) is 5.32 Å². The van der Waals surface area contributed by atoms with Crippen LogP contribution < -0.4 is 5.32 Å². The van der Waals surface area contributed by atoms with Gasteiger partial charge in [-0.1, -0.05) is 41.6 Å². The molecule has 3 aromatic rings. The smallest absolute Gasteiger partial charge is 0.237 e. The SMILES string of the molecule is CCn1c(SC(C)C(=O)Nc2ccc(C)cc2)nc2ccccc21. The van der Waals surface area contributed by atoms with Gasteiger partial charge in [-0.15, -0.1) is 0 Å². The van der Waals surface area contributed by atoms with Crippen LogP contribution in [0.2, 0.25) is 0 Å². The first kappa shape index (κ1) is 16.6. The first-order chi connectivity index (χ1) is 11.6. The molecule has 0 saturated heterocycles. The number of hydrogen-bond donors (Lipinski definition) is 1. The van der Waals surface area contributed by atoms with Crippen molar-refractivity contribution in [2.24, 2.45) is 0 Å². The molecule has 1 aromatic heterocycles. The van der Waals surface area contributed by atoms with Gasteiger partial charge in [0.15, 0.2) is 5.16 Å². The molecule has 0 bridgehead atoms. The second-order valence-corrected chi connectivity index (χ2v) is 7.05. The lowest BCUT2D eigenvalue weighted by Crippen LogP contribution is -2.22. The standard InChI is InChI=1S/C19H21N3OS/c1-4-22-17-8-6-5-7-16(17)21-19(22)24-14(3)18(23)20-15-11-9-13(2)10-12-15/h5-12,14H,4H2,1-3H3,(H,20,23). The van der Waals surface area contributed by atoms with Crippen molar-refractivity contribution in [1.29, 1.82) is 0 Å². The second kappa shape index (κ2) is 7.09. The third kappa shape index (κ3) is 3.46. The zero-order valence-electron chi connectivity index (χ0n) is 14.1. The molecule has 2 aromatic carbocycles. The fourth-order valence-corrected chi connectivity index (χ4v) is 3.53. The molecule has 0 aliphatic heterocycles. The third-order valence-electron chi connectivity index (χ3n) is 3.91. The number of nitrogens with zero attached hydrogens (tertiary/aromatic N) is 2. The lowest BCUT2D eigenvalue weighted by molar-refractivity contribution is -0.115. The zero-order chi connectivity index (χ0) is 17.1. The van der Waals surface area contributed by atoms with E-state index >= 15 is 0 Å². The van der Waals surface area contributed by atoms with Crippen LogP contribution in [0.5, 0.6) is 0 Å². The number of amides is 1. The van der Waals surface area contributed by atoms with Gasteiger partial charge in [-0.3, -0.25) is 4.79 Å². The molecule has 0 fully saturated rings. The summed E-state index contributed by atoms with van der Waals surface area (Å²) >= 11 is 1.49. The Morgan fingerprint density at radius 2 is 1.92 bits per heavy atom. The number of thioether (sulfide) groups is 1. The Morgan fingerprint density at radius 1 is 1.21 bits per heavy atom. The van der Waals surface area contributed by atoms with Gasteiger partial charge in [-0.05, 0) is 45.0 Å². The molecule has 4 nitrogen and oxygen atoms in total. The Morgan fingerprint density at radius 3 is 2.62 bits per heavy atom. The number of hydrogen-bond acceptors (Lipinski definition) is 3. The number of carbonyl (C=O) groups excluding carboxylic acids is 1. The summed E-state index contributed by atoms with van der Waals surface area (Å²) in [6, 6.07) is 15.9. The Bertz CT molecular complexity index is 855. The molecule has 0 spiro atoms. The molecular weight excluding hydrogens is 318 g/mol. The number of nitrogens with one attached hydrogen (secondary N) is 1. The predicted molar refractivity (Wildman–Crippen MR) is 101 cm³/mol. The summed E-state index contributed by atoms with van der Waals surface area (Å²) in [5.41, 5.74) is 4.07. The first-order valence-corrected chi connectivity index (χ1v) is 8.96. The van der Waals surface area contributed by atoms with E-state index in [1.165, 1.54) is 17.3 Å². The first-order valence-electron chi connectivity index (χ1n) is 8.08. The Labute approximate surface area is 146 Å². The number of rotatable bonds is 5. The summed E-state index contributed by atoms with van der Waals surface area (Å²) in [4.78, 5) is 17.1. The van der Waals surface area contributed by atoms with Crippen LogP contribution in [0.4, 0.5) is 5.69 Å². The van der Waals surface area contributed by atoms with E-state index in [4.69, 9.17) is 0 Å². The number of aromatic nitrogens is 2. The summed E-state index contributed by atoms with van der Waals surface area (Å²) in [5.74, 6) is -0.0152. The molecule has 1 heterocycles. The van der Waals surface area contributed by atoms with Gasteiger partial charge >= 0.3 is 0 Å². The highest BCUT2D eigenvalue weighted by atomic mass is 32.2. The van der Waals surface area contributed by atoms with Gasteiger partial charge in [0.25, 0.3) is 0 Å². The molecule has 1 N–H and O–H groups in total. The number of carbonyl (C=O) groups is 1. The molecule has 0 saturated carbocycles. The van der Waals surface area contributed by atoms with Gasteiger partial charge < -0.3 is 9.88 Å². The van der Waals surface area contributed by atoms with Gasteiger partial charge in [-0.25, -0.2) is 4.98 Å². The normalized spacial score (nSPS) is 12.3. The summed E-state index contributed by atoms with van der Waals surface area (Å²) in [5, 5.41) is 3.62. The maximum absolute atomic E-state index is 12.4. The molecule has 0 radical (unpaired) electrons. The Balaban J connectivity index is 1.75. The van der Waals surface area contributed by atoms with Crippen molar-refractivity contribution >= 4 is 34.4 Å². The van der Waals surface area contributed by atoms with E-state index in [1.807, 2.05) is 56.3 Å². The van der Waals surface area contributed by atoms with E-state index in [1.54, 1.807) is 0 Å².